The molecule has 1 aromatic heterocycles. The van der Waals surface area contributed by atoms with Crippen molar-refractivity contribution in [3.8, 4) is 0 Å². The van der Waals surface area contributed by atoms with Gasteiger partial charge in [-0.1, -0.05) is 6.92 Å². The highest BCUT2D eigenvalue weighted by Gasteiger charge is 2.38. The molecular weight excluding hydrogens is 330 g/mol. The Kier molecular flexibility index (Phi) is 4.52. The molecule has 1 fully saturated rings. The Morgan fingerprint density at radius 1 is 1.28 bits per heavy atom. The van der Waals surface area contributed by atoms with Crippen LogP contribution in [0.3, 0.4) is 0 Å². The van der Waals surface area contributed by atoms with Gasteiger partial charge in [-0.2, -0.15) is 5.10 Å². The first kappa shape index (κ1) is 17.1. The molecule has 1 saturated heterocycles. The van der Waals surface area contributed by atoms with Gasteiger partial charge >= 0.3 is 0 Å². The van der Waals surface area contributed by atoms with Crippen molar-refractivity contribution in [3.63, 3.8) is 0 Å². The van der Waals surface area contributed by atoms with E-state index in [9.17, 15) is 18.4 Å². The minimum Gasteiger partial charge on any atom is -0.311 e. The highest BCUT2D eigenvalue weighted by Crippen LogP contribution is 2.27. The Morgan fingerprint density at radius 2 is 1.96 bits per heavy atom. The van der Waals surface area contributed by atoms with Crippen LogP contribution in [-0.4, -0.2) is 28.1 Å². The van der Waals surface area contributed by atoms with Crippen LogP contribution >= 0.6 is 0 Å². The van der Waals surface area contributed by atoms with Gasteiger partial charge in [-0.3, -0.25) is 14.3 Å². The summed E-state index contributed by atoms with van der Waals surface area (Å²) in [5.74, 6) is -2.85. The first-order valence-corrected chi connectivity index (χ1v) is 8.00. The van der Waals surface area contributed by atoms with Crippen LogP contribution in [0.25, 0.3) is 0 Å². The quantitative estimate of drug-likeness (QED) is 0.862. The summed E-state index contributed by atoms with van der Waals surface area (Å²) < 4.78 is 28.3. The van der Waals surface area contributed by atoms with Crippen LogP contribution in [0.1, 0.15) is 19.0 Å². The molecule has 1 aromatic carbocycles. The molecule has 8 heteroatoms. The summed E-state index contributed by atoms with van der Waals surface area (Å²) in [7, 11) is 1.70. The van der Waals surface area contributed by atoms with E-state index in [1.54, 1.807) is 13.1 Å². The van der Waals surface area contributed by atoms with Crippen molar-refractivity contribution >= 4 is 23.3 Å². The van der Waals surface area contributed by atoms with Crippen molar-refractivity contribution < 1.29 is 18.4 Å². The number of carbonyl (C=O) groups excluding carboxylic acids is 2. The SMILES string of the molecule is CCc1cc(NC(=O)[C@H]2CCN(c3cc(F)cc(F)c3)C2=O)n(C)n1. The lowest BCUT2D eigenvalue weighted by Crippen LogP contribution is -2.33. The van der Waals surface area contributed by atoms with E-state index in [2.05, 4.69) is 10.4 Å². The molecule has 0 radical (unpaired) electrons. The second-order valence-corrected chi connectivity index (χ2v) is 5.95. The van der Waals surface area contributed by atoms with E-state index in [4.69, 9.17) is 0 Å². The fourth-order valence-corrected chi connectivity index (χ4v) is 2.90. The topological polar surface area (TPSA) is 67.2 Å². The summed E-state index contributed by atoms with van der Waals surface area (Å²) in [6.45, 7) is 2.18. The fourth-order valence-electron chi connectivity index (χ4n) is 2.90. The smallest absolute Gasteiger partial charge is 0.239 e. The Labute approximate surface area is 143 Å². The maximum Gasteiger partial charge on any atom is 0.239 e. The van der Waals surface area contributed by atoms with Crippen LogP contribution < -0.4 is 10.2 Å². The van der Waals surface area contributed by atoms with E-state index < -0.39 is 29.4 Å². The first-order chi connectivity index (χ1) is 11.9. The number of nitrogens with zero attached hydrogens (tertiary/aromatic N) is 3. The molecule has 6 nitrogen and oxygen atoms in total. The third-order valence-corrected chi connectivity index (χ3v) is 4.22. The molecular formula is C17H18F2N4O2. The number of hydrogen-bond acceptors (Lipinski definition) is 3. The molecule has 2 aromatic rings. The van der Waals surface area contributed by atoms with Crippen molar-refractivity contribution in [1.29, 1.82) is 0 Å². The van der Waals surface area contributed by atoms with Crippen LogP contribution in [0, 0.1) is 17.6 Å². The zero-order valence-corrected chi connectivity index (χ0v) is 13.9. The standard InChI is InChI=1S/C17H18F2N4O2/c1-3-12-9-15(22(2)21-12)20-16(24)14-4-5-23(17(14)25)13-7-10(18)6-11(19)8-13/h6-9,14H,3-5H2,1-2H3,(H,20,24)/t14-/m1/s1. The number of amides is 2. The highest BCUT2D eigenvalue weighted by molar-refractivity contribution is 6.13. The van der Waals surface area contributed by atoms with Crippen molar-refractivity contribution in [1.82, 2.24) is 9.78 Å². The minimum atomic E-state index is -0.897. The molecule has 2 heterocycles. The van der Waals surface area contributed by atoms with E-state index in [-0.39, 0.29) is 18.7 Å². The molecule has 132 valence electrons. The number of carbonyl (C=O) groups is 2. The Hall–Kier alpha value is -2.77. The molecule has 0 aliphatic carbocycles. The lowest BCUT2D eigenvalue weighted by Gasteiger charge is -2.17. The van der Waals surface area contributed by atoms with Crippen LogP contribution in [0.4, 0.5) is 20.3 Å². The van der Waals surface area contributed by atoms with Crippen molar-refractivity contribution in [2.24, 2.45) is 13.0 Å². The molecule has 0 bridgehead atoms. The third kappa shape index (κ3) is 3.38. The van der Waals surface area contributed by atoms with Gasteiger partial charge in [0, 0.05) is 31.4 Å². The van der Waals surface area contributed by atoms with Crippen molar-refractivity contribution in [2.45, 2.75) is 19.8 Å². The van der Waals surface area contributed by atoms with Crippen LogP contribution in [0.5, 0.6) is 0 Å². The third-order valence-electron chi connectivity index (χ3n) is 4.22. The van der Waals surface area contributed by atoms with Crippen LogP contribution in [0.2, 0.25) is 0 Å². The highest BCUT2D eigenvalue weighted by atomic mass is 19.1. The molecule has 1 aliphatic heterocycles. The fraction of sp³-hybridized carbons (Fsp3) is 0.353. The van der Waals surface area contributed by atoms with Gasteiger partial charge in [-0.05, 0) is 25.0 Å². The van der Waals surface area contributed by atoms with Gasteiger partial charge in [0.2, 0.25) is 11.8 Å². The Morgan fingerprint density at radius 3 is 2.56 bits per heavy atom. The summed E-state index contributed by atoms with van der Waals surface area (Å²) in [4.78, 5) is 26.2. The zero-order chi connectivity index (χ0) is 18.1. The van der Waals surface area contributed by atoms with E-state index in [1.165, 1.54) is 9.58 Å². The predicted molar refractivity (Wildman–Crippen MR) is 88.0 cm³/mol. The molecule has 1 N–H and O–H groups in total. The first-order valence-electron chi connectivity index (χ1n) is 8.00. The van der Waals surface area contributed by atoms with Gasteiger partial charge in [0.05, 0.1) is 5.69 Å². The van der Waals surface area contributed by atoms with Gasteiger partial charge in [-0.25, -0.2) is 8.78 Å². The summed E-state index contributed by atoms with van der Waals surface area (Å²) in [5.41, 5.74) is 0.944. The number of aromatic nitrogens is 2. The number of hydrogen-bond donors (Lipinski definition) is 1. The van der Waals surface area contributed by atoms with Gasteiger partial charge in [-0.15, -0.1) is 0 Å². The number of benzene rings is 1. The normalized spacial score (nSPS) is 17.2. The molecule has 1 atom stereocenters. The number of halogens is 2. The van der Waals surface area contributed by atoms with Crippen molar-refractivity contribution in [2.75, 3.05) is 16.8 Å². The average molecular weight is 348 g/mol. The zero-order valence-electron chi connectivity index (χ0n) is 13.9. The Balaban J connectivity index is 1.74. The molecule has 25 heavy (non-hydrogen) atoms. The molecule has 0 unspecified atom stereocenters. The van der Waals surface area contributed by atoms with E-state index in [1.807, 2.05) is 6.92 Å². The number of aryl methyl sites for hydroxylation is 2. The summed E-state index contributed by atoms with van der Waals surface area (Å²) >= 11 is 0. The van der Waals surface area contributed by atoms with Gasteiger partial charge in [0.25, 0.3) is 0 Å². The average Bonchev–Trinajstić information content (AvgIpc) is 3.09. The largest absolute Gasteiger partial charge is 0.311 e. The number of nitrogens with one attached hydrogen (secondary N) is 1. The van der Waals surface area contributed by atoms with E-state index >= 15 is 0 Å². The van der Waals surface area contributed by atoms with Crippen LogP contribution in [-0.2, 0) is 23.1 Å². The summed E-state index contributed by atoms with van der Waals surface area (Å²) in [5, 5.41) is 6.93. The van der Waals surface area contributed by atoms with Gasteiger partial charge < -0.3 is 10.2 Å². The number of rotatable bonds is 4. The summed E-state index contributed by atoms with van der Waals surface area (Å²) in [6.07, 6.45) is 1.01. The van der Waals surface area contributed by atoms with Gasteiger partial charge in [0.1, 0.15) is 23.4 Å². The molecule has 0 spiro atoms. The molecule has 0 saturated carbocycles. The maximum absolute atomic E-state index is 13.4. The van der Waals surface area contributed by atoms with Crippen molar-refractivity contribution in [3.05, 3.63) is 41.6 Å². The predicted octanol–water partition coefficient (Wildman–Crippen LogP) is 2.25. The lowest BCUT2D eigenvalue weighted by atomic mass is 10.1. The van der Waals surface area contributed by atoms with Gasteiger partial charge in [0.15, 0.2) is 0 Å². The van der Waals surface area contributed by atoms with E-state index in [0.717, 1.165) is 30.3 Å². The summed E-state index contributed by atoms with van der Waals surface area (Å²) in [6, 6.07) is 4.64. The number of anilines is 2. The van der Waals surface area contributed by atoms with Crippen LogP contribution in [0.15, 0.2) is 24.3 Å². The molecule has 3 rings (SSSR count). The lowest BCUT2D eigenvalue weighted by molar-refractivity contribution is -0.129. The second kappa shape index (κ2) is 6.62. The monoisotopic (exact) mass is 348 g/mol. The molecule has 2 amide bonds. The maximum atomic E-state index is 13.4. The minimum absolute atomic E-state index is 0.117. The van der Waals surface area contributed by atoms with E-state index in [0.29, 0.717) is 5.82 Å². The second-order valence-electron chi connectivity index (χ2n) is 5.95. The Bertz CT molecular complexity index is 814. The molecule has 1 aliphatic rings.